The molecule has 3 rings (SSSR count). The van der Waals surface area contributed by atoms with Crippen LogP contribution in [0.5, 0.6) is 0 Å². The monoisotopic (exact) mass is 621 g/mol. The van der Waals surface area contributed by atoms with E-state index in [0.29, 0.717) is 10.5 Å². The van der Waals surface area contributed by atoms with Gasteiger partial charge in [0.05, 0.1) is 6.20 Å². The van der Waals surface area contributed by atoms with Crippen molar-refractivity contribution in [3.63, 3.8) is 0 Å². The molecule has 3 amide bonds. The van der Waals surface area contributed by atoms with Crippen molar-refractivity contribution < 1.29 is 37.9 Å². The Labute approximate surface area is 238 Å². The average Bonchev–Trinajstić information content (AvgIpc) is 3.27. The van der Waals surface area contributed by atoms with Crippen LogP contribution in [0.2, 0.25) is 0 Å². The maximum atomic E-state index is 15.0. The van der Waals surface area contributed by atoms with Crippen molar-refractivity contribution in [2.45, 2.75) is 59.3 Å². The third-order valence-electron chi connectivity index (χ3n) is 4.89. The highest BCUT2D eigenvalue weighted by atomic mass is 79.9. The van der Waals surface area contributed by atoms with Crippen molar-refractivity contribution in [1.29, 1.82) is 0 Å². The molecule has 40 heavy (non-hydrogen) atoms. The van der Waals surface area contributed by atoms with E-state index in [1.807, 2.05) is 0 Å². The normalized spacial score (nSPS) is 11.6. The van der Waals surface area contributed by atoms with Gasteiger partial charge >= 0.3 is 18.3 Å². The van der Waals surface area contributed by atoms with E-state index in [1.165, 1.54) is 31.4 Å². The summed E-state index contributed by atoms with van der Waals surface area (Å²) in [5.74, 6) is -0.965. The molecule has 0 aliphatic rings. The van der Waals surface area contributed by atoms with E-state index >= 15 is 0 Å². The van der Waals surface area contributed by atoms with E-state index in [1.54, 1.807) is 47.6 Å². The summed E-state index contributed by atoms with van der Waals surface area (Å²) in [5, 5.41) is 13.0. The van der Waals surface area contributed by atoms with Crippen LogP contribution in [0, 0.1) is 5.82 Å². The Hall–Kier alpha value is -4.07. The van der Waals surface area contributed by atoms with E-state index in [4.69, 9.17) is 19.1 Å². The molecule has 0 spiro atoms. The zero-order chi connectivity index (χ0) is 30.0. The van der Waals surface area contributed by atoms with Crippen molar-refractivity contribution in [2.24, 2.45) is 0 Å². The largest absolute Gasteiger partial charge is 0.465 e. The van der Waals surface area contributed by atoms with E-state index in [9.17, 15) is 18.8 Å². The lowest BCUT2D eigenvalue weighted by molar-refractivity contribution is 0.0429. The number of carbonyl (C=O) groups excluding carboxylic acids is 2. The van der Waals surface area contributed by atoms with Crippen LogP contribution in [-0.2, 0) is 16.0 Å². The number of aromatic nitrogens is 3. The number of halogens is 2. The third kappa shape index (κ3) is 7.74. The van der Waals surface area contributed by atoms with E-state index < -0.39 is 35.3 Å². The fourth-order valence-corrected chi connectivity index (χ4v) is 3.55. The van der Waals surface area contributed by atoms with Crippen molar-refractivity contribution in [3.05, 3.63) is 46.4 Å². The Kier molecular flexibility index (Phi) is 8.82. The lowest BCUT2D eigenvalue weighted by Crippen LogP contribution is -2.44. The van der Waals surface area contributed by atoms with Gasteiger partial charge in [0, 0.05) is 25.2 Å². The molecule has 14 heteroatoms. The molecule has 0 aliphatic carbocycles. The van der Waals surface area contributed by atoms with Crippen molar-refractivity contribution >= 4 is 40.0 Å². The molecule has 2 heterocycles. The minimum absolute atomic E-state index is 0.0151. The van der Waals surface area contributed by atoms with Crippen LogP contribution >= 0.6 is 15.9 Å². The number of hydrogen-bond donors (Lipinski definition) is 1. The summed E-state index contributed by atoms with van der Waals surface area (Å²) in [4.78, 5) is 47.5. The number of hydrogen-bond acceptors (Lipinski definition) is 9. The van der Waals surface area contributed by atoms with Crippen LogP contribution in [0.25, 0.3) is 22.7 Å². The summed E-state index contributed by atoms with van der Waals surface area (Å²) in [6, 6.07) is 5.55. The zero-order valence-corrected chi connectivity index (χ0v) is 24.6. The van der Waals surface area contributed by atoms with Crippen LogP contribution in [0.15, 0.2) is 39.6 Å². The quantitative estimate of drug-likeness (QED) is 0.335. The van der Waals surface area contributed by atoms with Crippen LogP contribution in [0.4, 0.5) is 24.6 Å². The summed E-state index contributed by atoms with van der Waals surface area (Å²) >= 11 is 3.22. The maximum absolute atomic E-state index is 15.0. The molecule has 3 aromatic rings. The molecule has 0 aliphatic heterocycles. The highest BCUT2D eigenvalue weighted by Crippen LogP contribution is 2.34. The lowest BCUT2D eigenvalue weighted by Gasteiger charge is -2.28. The summed E-state index contributed by atoms with van der Waals surface area (Å²) < 4.78 is 31.5. The number of amides is 3. The molecule has 214 valence electrons. The number of imide groups is 1. The highest BCUT2D eigenvalue weighted by Gasteiger charge is 2.36. The molecule has 0 atom stereocenters. The smallest absolute Gasteiger partial charge is 0.425 e. The van der Waals surface area contributed by atoms with Crippen molar-refractivity contribution in [3.8, 4) is 22.7 Å². The molecule has 12 nitrogen and oxygen atoms in total. The topological polar surface area (TPSA) is 148 Å². The fourth-order valence-electron chi connectivity index (χ4n) is 3.27. The Morgan fingerprint density at radius 3 is 2.17 bits per heavy atom. The fraction of sp³-hybridized carbons (Fsp3) is 0.385. The first-order valence-corrected chi connectivity index (χ1v) is 12.7. The summed E-state index contributed by atoms with van der Waals surface area (Å²) in [5.41, 5.74) is -1.41. The molecule has 0 radical (unpaired) electrons. The maximum Gasteiger partial charge on any atom is 0.425 e. The molecule has 1 aromatic carbocycles. The summed E-state index contributed by atoms with van der Waals surface area (Å²) in [6.07, 6.45) is -2.01. The number of nitrogens with zero attached hydrogens (tertiary/aromatic N) is 5. The van der Waals surface area contributed by atoms with Gasteiger partial charge < -0.3 is 24.0 Å². The molecular formula is C26H29BrFN5O7. The van der Waals surface area contributed by atoms with Crippen LogP contribution < -0.4 is 4.90 Å². The SMILES string of the molecule is CN(Cc1ccc(-c2cc(-c3nc(Br)cnc3N(C(=O)OC(C)(C)C)C(=O)OC(C)(C)C)on2)c(F)c1)C(=O)O. The zero-order valence-electron chi connectivity index (χ0n) is 23.0. The van der Waals surface area contributed by atoms with Crippen molar-refractivity contribution in [1.82, 2.24) is 20.0 Å². The van der Waals surface area contributed by atoms with E-state index in [-0.39, 0.29) is 39.7 Å². The Morgan fingerprint density at radius 1 is 1.05 bits per heavy atom. The van der Waals surface area contributed by atoms with Crippen LogP contribution in [-0.4, -0.2) is 61.7 Å². The molecule has 2 aromatic heterocycles. The molecular weight excluding hydrogens is 593 g/mol. The second-order valence-corrected chi connectivity index (χ2v) is 11.5. The standard InChI is InChI=1S/C26H29BrFN5O7/c1-25(2,3)38-23(36)33(24(37)39-26(4,5)6)21-20(30-19(27)12-29-21)18-11-17(31-40-18)15-9-8-14(10-16(15)28)13-32(7)22(34)35/h8-12H,13H2,1-7H3,(H,34,35). The van der Waals surface area contributed by atoms with Gasteiger partial charge in [-0.3, -0.25) is 0 Å². The van der Waals surface area contributed by atoms with Gasteiger partial charge in [0.15, 0.2) is 17.3 Å². The van der Waals surface area contributed by atoms with Gasteiger partial charge in [-0.2, -0.15) is 4.90 Å². The molecule has 0 fully saturated rings. The average molecular weight is 622 g/mol. The second-order valence-electron chi connectivity index (χ2n) is 10.7. The first-order chi connectivity index (χ1) is 18.4. The first-order valence-electron chi connectivity index (χ1n) is 11.9. The summed E-state index contributed by atoms with van der Waals surface area (Å²) in [7, 11) is 1.37. The Balaban J connectivity index is 2.06. The van der Waals surface area contributed by atoms with Gasteiger partial charge in [-0.05, 0) is 75.2 Å². The highest BCUT2D eigenvalue weighted by molar-refractivity contribution is 9.10. The third-order valence-corrected chi connectivity index (χ3v) is 5.27. The van der Waals surface area contributed by atoms with Crippen LogP contribution in [0.1, 0.15) is 47.1 Å². The molecule has 0 saturated heterocycles. The van der Waals surface area contributed by atoms with Gasteiger partial charge in [-0.15, -0.1) is 0 Å². The number of anilines is 1. The second kappa shape index (κ2) is 11.6. The molecule has 1 N–H and O–H groups in total. The molecule has 0 unspecified atom stereocenters. The van der Waals surface area contributed by atoms with Crippen LogP contribution in [0.3, 0.4) is 0 Å². The Bertz CT molecular complexity index is 1400. The summed E-state index contributed by atoms with van der Waals surface area (Å²) in [6.45, 7) is 9.79. The minimum Gasteiger partial charge on any atom is -0.465 e. The number of carboxylic acid groups (broad SMARTS) is 1. The number of ether oxygens (including phenoxy) is 2. The van der Waals surface area contributed by atoms with E-state index in [0.717, 1.165) is 4.90 Å². The van der Waals surface area contributed by atoms with Gasteiger partial charge in [0.1, 0.15) is 27.3 Å². The first kappa shape index (κ1) is 30.5. The predicted octanol–water partition coefficient (Wildman–Crippen LogP) is 6.49. The van der Waals surface area contributed by atoms with Gasteiger partial charge in [-0.1, -0.05) is 11.2 Å². The van der Waals surface area contributed by atoms with Gasteiger partial charge in [-0.25, -0.2) is 28.7 Å². The van der Waals surface area contributed by atoms with Gasteiger partial charge in [0.2, 0.25) is 0 Å². The predicted molar refractivity (Wildman–Crippen MR) is 145 cm³/mol. The minimum atomic E-state index is -1.15. The Morgan fingerprint density at radius 2 is 1.65 bits per heavy atom. The molecule has 0 saturated carbocycles. The van der Waals surface area contributed by atoms with Crippen molar-refractivity contribution in [2.75, 3.05) is 11.9 Å². The number of benzene rings is 1. The van der Waals surface area contributed by atoms with E-state index in [2.05, 4.69) is 31.1 Å². The van der Waals surface area contributed by atoms with Gasteiger partial charge in [0.25, 0.3) is 0 Å². The molecule has 0 bridgehead atoms. The lowest BCUT2D eigenvalue weighted by atomic mass is 10.1. The number of carbonyl (C=O) groups is 3. The number of rotatable bonds is 5.